The van der Waals surface area contributed by atoms with Gasteiger partial charge in [-0.25, -0.2) is 0 Å². The van der Waals surface area contributed by atoms with E-state index in [-0.39, 0.29) is 11.9 Å². The molecule has 0 radical (unpaired) electrons. The zero-order valence-corrected chi connectivity index (χ0v) is 12.7. The van der Waals surface area contributed by atoms with Crippen molar-refractivity contribution < 1.29 is 9.53 Å². The second-order valence-corrected chi connectivity index (χ2v) is 6.94. The third-order valence-electron chi connectivity index (χ3n) is 5.50. The summed E-state index contributed by atoms with van der Waals surface area (Å²) in [5.41, 5.74) is 0. The Labute approximate surface area is 118 Å². The third-order valence-corrected chi connectivity index (χ3v) is 5.50. The van der Waals surface area contributed by atoms with Crippen molar-refractivity contribution in [2.24, 2.45) is 23.7 Å². The van der Waals surface area contributed by atoms with Gasteiger partial charge in [-0.3, -0.25) is 4.79 Å². The van der Waals surface area contributed by atoms with Gasteiger partial charge in [0, 0.05) is 0 Å². The summed E-state index contributed by atoms with van der Waals surface area (Å²) in [7, 11) is 1.51. The van der Waals surface area contributed by atoms with Crippen LogP contribution in [0.3, 0.4) is 0 Å². The summed E-state index contributed by atoms with van der Waals surface area (Å²) in [6.07, 6.45) is 13.2. The van der Waals surface area contributed by atoms with Crippen LogP contribution in [0.2, 0.25) is 0 Å². The fraction of sp³-hybridized carbons (Fsp3) is 0.941. The number of carbonyl (C=O) groups excluding carboxylic acids is 1. The van der Waals surface area contributed by atoms with E-state index in [1.165, 1.54) is 58.5 Å². The molecular formula is C17H30O2. The summed E-state index contributed by atoms with van der Waals surface area (Å²) >= 11 is 0. The van der Waals surface area contributed by atoms with E-state index < -0.39 is 0 Å². The average Bonchev–Trinajstić information content (AvgIpc) is 2.46. The maximum absolute atomic E-state index is 11.5. The highest BCUT2D eigenvalue weighted by molar-refractivity contribution is 5.72. The lowest BCUT2D eigenvalue weighted by molar-refractivity contribution is -0.146. The standard InChI is InChI=1S/C17H30O2/c1-13-3-5-14(6-4-13)7-8-15-9-11-16(12-10-15)17(18)19-2/h13-16H,3-12H2,1-2H3. The number of carbonyl (C=O) groups is 1. The fourth-order valence-corrected chi connectivity index (χ4v) is 3.94. The number of hydrogen-bond donors (Lipinski definition) is 0. The smallest absolute Gasteiger partial charge is 0.308 e. The summed E-state index contributed by atoms with van der Waals surface area (Å²) < 4.78 is 4.85. The van der Waals surface area contributed by atoms with Crippen LogP contribution in [0.15, 0.2) is 0 Å². The van der Waals surface area contributed by atoms with E-state index in [1.54, 1.807) is 0 Å². The number of esters is 1. The molecule has 110 valence electrons. The predicted octanol–water partition coefficient (Wildman–Crippen LogP) is 4.57. The van der Waals surface area contributed by atoms with Gasteiger partial charge >= 0.3 is 5.97 Å². The molecular weight excluding hydrogens is 236 g/mol. The zero-order valence-electron chi connectivity index (χ0n) is 12.7. The summed E-state index contributed by atoms with van der Waals surface area (Å²) in [6.45, 7) is 2.39. The van der Waals surface area contributed by atoms with Crippen LogP contribution in [0.25, 0.3) is 0 Å². The van der Waals surface area contributed by atoms with Crippen LogP contribution in [0.1, 0.15) is 71.1 Å². The van der Waals surface area contributed by atoms with E-state index >= 15 is 0 Å². The number of ether oxygens (including phenoxy) is 1. The minimum absolute atomic E-state index is 0.0136. The van der Waals surface area contributed by atoms with Gasteiger partial charge in [0.15, 0.2) is 0 Å². The molecule has 0 bridgehead atoms. The molecule has 0 saturated heterocycles. The number of rotatable bonds is 4. The Bertz CT molecular complexity index is 271. The van der Waals surface area contributed by atoms with Gasteiger partial charge in [-0.15, -0.1) is 0 Å². The zero-order chi connectivity index (χ0) is 13.7. The van der Waals surface area contributed by atoms with Crippen LogP contribution in [-0.4, -0.2) is 13.1 Å². The highest BCUT2D eigenvalue weighted by atomic mass is 16.5. The van der Waals surface area contributed by atoms with E-state index in [2.05, 4.69) is 6.92 Å². The molecule has 2 aliphatic carbocycles. The molecule has 0 unspecified atom stereocenters. The van der Waals surface area contributed by atoms with Gasteiger partial charge in [-0.1, -0.05) is 45.4 Å². The Morgan fingerprint density at radius 2 is 1.37 bits per heavy atom. The number of hydrogen-bond acceptors (Lipinski definition) is 2. The van der Waals surface area contributed by atoms with Crippen LogP contribution in [0, 0.1) is 23.7 Å². The molecule has 0 aliphatic heterocycles. The van der Waals surface area contributed by atoms with Crippen molar-refractivity contribution in [2.45, 2.75) is 71.1 Å². The summed E-state index contributed by atoms with van der Waals surface area (Å²) in [5.74, 6) is 3.04. The predicted molar refractivity (Wildman–Crippen MR) is 77.8 cm³/mol. The van der Waals surface area contributed by atoms with Crippen LogP contribution < -0.4 is 0 Å². The van der Waals surface area contributed by atoms with E-state index in [0.29, 0.717) is 0 Å². The van der Waals surface area contributed by atoms with Crippen molar-refractivity contribution in [2.75, 3.05) is 7.11 Å². The van der Waals surface area contributed by atoms with Gasteiger partial charge in [0.1, 0.15) is 0 Å². The van der Waals surface area contributed by atoms with E-state index in [9.17, 15) is 4.79 Å². The molecule has 2 nitrogen and oxygen atoms in total. The molecule has 0 N–H and O–H groups in total. The number of methoxy groups -OCH3 is 1. The third kappa shape index (κ3) is 4.50. The molecule has 2 rings (SSSR count). The maximum atomic E-state index is 11.5. The van der Waals surface area contributed by atoms with Gasteiger partial charge in [-0.05, 0) is 43.4 Å². The van der Waals surface area contributed by atoms with Crippen LogP contribution in [0.5, 0.6) is 0 Å². The summed E-state index contributed by atoms with van der Waals surface area (Å²) in [6, 6.07) is 0. The first-order valence-electron chi connectivity index (χ1n) is 8.27. The summed E-state index contributed by atoms with van der Waals surface area (Å²) in [4.78, 5) is 11.5. The molecule has 0 amide bonds. The van der Waals surface area contributed by atoms with Crippen LogP contribution in [-0.2, 0) is 9.53 Å². The van der Waals surface area contributed by atoms with Crippen molar-refractivity contribution in [3.05, 3.63) is 0 Å². The minimum atomic E-state index is 0.0136. The highest BCUT2D eigenvalue weighted by Gasteiger charge is 2.27. The molecule has 0 aromatic carbocycles. The maximum Gasteiger partial charge on any atom is 0.308 e. The molecule has 0 aromatic heterocycles. The fourth-order valence-electron chi connectivity index (χ4n) is 3.94. The Morgan fingerprint density at radius 1 is 0.895 bits per heavy atom. The molecule has 2 fully saturated rings. The largest absolute Gasteiger partial charge is 0.469 e. The molecule has 0 heterocycles. The lowest BCUT2D eigenvalue weighted by Crippen LogP contribution is -2.23. The average molecular weight is 266 g/mol. The lowest BCUT2D eigenvalue weighted by atomic mass is 9.76. The topological polar surface area (TPSA) is 26.3 Å². The molecule has 0 aromatic rings. The monoisotopic (exact) mass is 266 g/mol. The second-order valence-electron chi connectivity index (χ2n) is 6.94. The first kappa shape index (κ1) is 14.9. The van der Waals surface area contributed by atoms with Crippen molar-refractivity contribution in [1.29, 1.82) is 0 Å². The molecule has 19 heavy (non-hydrogen) atoms. The van der Waals surface area contributed by atoms with E-state index in [0.717, 1.165) is 30.6 Å². The molecule has 2 aliphatic rings. The molecule has 2 saturated carbocycles. The molecule has 0 atom stereocenters. The van der Waals surface area contributed by atoms with Crippen molar-refractivity contribution >= 4 is 5.97 Å². The van der Waals surface area contributed by atoms with E-state index in [1.807, 2.05) is 0 Å². The SMILES string of the molecule is COC(=O)C1CCC(CCC2CCC(C)CC2)CC1. The van der Waals surface area contributed by atoms with Crippen molar-refractivity contribution in [3.8, 4) is 0 Å². The van der Waals surface area contributed by atoms with Gasteiger partial charge in [-0.2, -0.15) is 0 Å². The lowest BCUT2D eigenvalue weighted by Gasteiger charge is -2.30. The minimum Gasteiger partial charge on any atom is -0.469 e. The Kier molecular flexibility index (Phi) is 5.72. The van der Waals surface area contributed by atoms with Crippen molar-refractivity contribution in [3.63, 3.8) is 0 Å². The first-order valence-corrected chi connectivity index (χ1v) is 8.27. The van der Waals surface area contributed by atoms with Gasteiger partial charge in [0.05, 0.1) is 13.0 Å². The summed E-state index contributed by atoms with van der Waals surface area (Å²) in [5, 5.41) is 0. The van der Waals surface area contributed by atoms with Crippen molar-refractivity contribution in [1.82, 2.24) is 0 Å². The Morgan fingerprint density at radius 3 is 1.84 bits per heavy atom. The van der Waals surface area contributed by atoms with Crippen LogP contribution >= 0.6 is 0 Å². The molecule has 0 spiro atoms. The van der Waals surface area contributed by atoms with Gasteiger partial charge < -0.3 is 4.74 Å². The quantitative estimate of drug-likeness (QED) is 0.697. The van der Waals surface area contributed by atoms with E-state index in [4.69, 9.17) is 4.74 Å². The van der Waals surface area contributed by atoms with Gasteiger partial charge in [0.25, 0.3) is 0 Å². The van der Waals surface area contributed by atoms with Crippen LogP contribution in [0.4, 0.5) is 0 Å². The first-order chi connectivity index (χ1) is 9.19. The van der Waals surface area contributed by atoms with Gasteiger partial charge in [0.2, 0.25) is 0 Å². The molecule has 2 heteroatoms. The Hall–Kier alpha value is -0.530. The normalized spacial score (nSPS) is 35.9. The second kappa shape index (κ2) is 7.31. The Balaban J connectivity index is 1.62. The highest BCUT2D eigenvalue weighted by Crippen LogP contribution is 2.36.